The summed E-state index contributed by atoms with van der Waals surface area (Å²) in [4.78, 5) is 20.1. The number of aromatic nitrogens is 1. The summed E-state index contributed by atoms with van der Waals surface area (Å²) in [5.41, 5.74) is 2.01. The molecule has 1 heterocycles. The number of carboxylic acids is 1. The van der Waals surface area contributed by atoms with Crippen LogP contribution in [0.15, 0.2) is 23.1 Å². The van der Waals surface area contributed by atoms with Crippen molar-refractivity contribution < 1.29 is 9.90 Å². The minimum absolute atomic E-state index is 0.0321. The SMILES string of the molecule is [C-]#[N+]c1cc(-c2nc(C)c(C(=O)O)[se]2)ccc1SC(C)(C)C. The second-order valence-corrected chi connectivity index (χ2v) is 9.71. The molecule has 0 unspecified atom stereocenters. The van der Waals surface area contributed by atoms with E-state index in [1.165, 1.54) is 0 Å². The molecule has 0 aliphatic carbocycles. The molecule has 0 atom stereocenters. The number of aromatic carboxylic acids is 1. The van der Waals surface area contributed by atoms with Gasteiger partial charge in [0.2, 0.25) is 0 Å². The Morgan fingerprint density at radius 1 is 1.41 bits per heavy atom. The van der Waals surface area contributed by atoms with Crippen molar-refractivity contribution in [1.82, 2.24) is 4.98 Å². The van der Waals surface area contributed by atoms with Crippen LogP contribution in [0.5, 0.6) is 0 Å². The summed E-state index contributed by atoms with van der Waals surface area (Å²) in [5, 5.41) is 9.15. The summed E-state index contributed by atoms with van der Waals surface area (Å²) < 4.78 is 1.20. The van der Waals surface area contributed by atoms with Gasteiger partial charge in [0.05, 0.1) is 0 Å². The van der Waals surface area contributed by atoms with Crippen molar-refractivity contribution in [2.75, 3.05) is 0 Å². The third-order valence-electron chi connectivity index (χ3n) is 2.73. The summed E-state index contributed by atoms with van der Waals surface area (Å²) in [6.07, 6.45) is 0. The van der Waals surface area contributed by atoms with Crippen molar-refractivity contribution in [3.63, 3.8) is 0 Å². The van der Waals surface area contributed by atoms with Crippen LogP contribution in [0.1, 0.15) is 35.7 Å². The third kappa shape index (κ3) is 3.80. The van der Waals surface area contributed by atoms with E-state index in [9.17, 15) is 4.79 Å². The molecule has 0 spiro atoms. The van der Waals surface area contributed by atoms with Crippen LogP contribution in [0.4, 0.5) is 5.69 Å². The molecule has 6 heteroatoms. The van der Waals surface area contributed by atoms with E-state index in [2.05, 4.69) is 30.6 Å². The van der Waals surface area contributed by atoms with Crippen molar-refractivity contribution >= 4 is 37.9 Å². The first kappa shape index (κ1) is 16.8. The molecular formula is C16H16N2O2SSe. The molecule has 2 rings (SSSR count). The van der Waals surface area contributed by atoms with Gasteiger partial charge in [-0.3, -0.25) is 0 Å². The maximum absolute atomic E-state index is 11.2. The molecule has 1 aromatic carbocycles. The molecule has 22 heavy (non-hydrogen) atoms. The number of carboxylic acid groups (broad SMARTS) is 1. The van der Waals surface area contributed by atoms with Gasteiger partial charge in [-0.25, -0.2) is 0 Å². The van der Waals surface area contributed by atoms with Crippen molar-refractivity contribution in [1.29, 1.82) is 0 Å². The van der Waals surface area contributed by atoms with Gasteiger partial charge in [0.25, 0.3) is 0 Å². The van der Waals surface area contributed by atoms with E-state index in [-0.39, 0.29) is 19.3 Å². The van der Waals surface area contributed by atoms with Crippen molar-refractivity contribution in [2.24, 2.45) is 0 Å². The van der Waals surface area contributed by atoms with Crippen LogP contribution in [-0.4, -0.2) is 35.3 Å². The molecule has 0 fully saturated rings. The van der Waals surface area contributed by atoms with Crippen LogP contribution >= 0.6 is 11.8 Å². The molecule has 1 N–H and O–H groups in total. The van der Waals surface area contributed by atoms with Crippen LogP contribution in [0.2, 0.25) is 0 Å². The monoisotopic (exact) mass is 380 g/mol. The quantitative estimate of drug-likeness (QED) is 0.492. The number of benzene rings is 1. The van der Waals surface area contributed by atoms with Crippen molar-refractivity contribution in [3.05, 3.63) is 39.7 Å². The van der Waals surface area contributed by atoms with Gasteiger partial charge in [-0.1, -0.05) is 0 Å². The fourth-order valence-electron chi connectivity index (χ4n) is 1.87. The van der Waals surface area contributed by atoms with Crippen molar-refractivity contribution in [2.45, 2.75) is 37.3 Å². The van der Waals surface area contributed by atoms with Crippen LogP contribution in [0.3, 0.4) is 0 Å². The number of hydrogen-bond donors (Lipinski definition) is 1. The molecule has 2 aromatic rings. The van der Waals surface area contributed by atoms with Gasteiger partial charge in [0, 0.05) is 0 Å². The molecule has 4 nitrogen and oxygen atoms in total. The van der Waals surface area contributed by atoms with Crippen LogP contribution in [0, 0.1) is 13.5 Å². The maximum atomic E-state index is 11.2. The summed E-state index contributed by atoms with van der Waals surface area (Å²) in [5.74, 6) is -0.901. The van der Waals surface area contributed by atoms with E-state index < -0.39 is 5.97 Å². The minimum atomic E-state index is -0.901. The molecule has 0 amide bonds. The van der Waals surface area contributed by atoms with E-state index in [1.807, 2.05) is 18.2 Å². The molecule has 0 bridgehead atoms. The van der Waals surface area contributed by atoms with E-state index in [4.69, 9.17) is 11.7 Å². The Balaban J connectivity index is 2.44. The first-order valence-corrected chi connectivity index (χ1v) is 9.16. The molecule has 0 radical (unpaired) electrons. The molecule has 1 aromatic heterocycles. The zero-order chi connectivity index (χ0) is 16.5. The van der Waals surface area contributed by atoms with Crippen molar-refractivity contribution in [3.8, 4) is 10.1 Å². The standard InChI is InChI=1S/C16H16N2O2SSe/c1-9-13(15(19)20)22-14(18-9)10-6-7-12(11(8-10)17-5)21-16(2,3)4/h6-8H,1-4H3,(H,19,20). The molecule has 0 saturated heterocycles. The van der Waals surface area contributed by atoms with Gasteiger partial charge in [0.1, 0.15) is 0 Å². The number of thioether (sulfide) groups is 1. The van der Waals surface area contributed by atoms with Gasteiger partial charge in [-0.2, -0.15) is 0 Å². The summed E-state index contributed by atoms with van der Waals surface area (Å²) in [6.45, 7) is 15.4. The fourth-order valence-corrected chi connectivity index (χ4v) is 4.77. The summed E-state index contributed by atoms with van der Waals surface area (Å²) >= 11 is 1.34. The Hall–Kier alpha value is -1.54. The second-order valence-electron chi connectivity index (χ2n) is 5.75. The number of hydrogen-bond acceptors (Lipinski definition) is 3. The van der Waals surface area contributed by atoms with E-state index in [0.717, 1.165) is 15.0 Å². The van der Waals surface area contributed by atoms with Gasteiger partial charge in [-0.05, 0) is 0 Å². The van der Waals surface area contributed by atoms with Gasteiger partial charge in [0.15, 0.2) is 0 Å². The van der Waals surface area contributed by atoms with Crippen LogP contribution in [0.25, 0.3) is 15.0 Å². The van der Waals surface area contributed by atoms with Crippen LogP contribution < -0.4 is 0 Å². The van der Waals surface area contributed by atoms with Gasteiger partial charge in [-0.15, -0.1) is 0 Å². The number of rotatable bonds is 3. The average Bonchev–Trinajstić information content (AvgIpc) is 2.79. The topological polar surface area (TPSA) is 54.5 Å². The predicted octanol–water partition coefficient (Wildman–Crippen LogP) is 4.25. The Bertz CT molecular complexity index is 769. The average molecular weight is 379 g/mol. The van der Waals surface area contributed by atoms with Crippen LogP contribution in [-0.2, 0) is 0 Å². The summed E-state index contributed by atoms with van der Waals surface area (Å²) in [7, 11) is 0. The van der Waals surface area contributed by atoms with Gasteiger partial charge >= 0.3 is 140 Å². The first-order valence-electron chi connectivity index (χ1n) is 6.63. The number of aryl methyl sites for hydroxylation is 1. The zero-order valence-electron chi connectivity index (χ0n) is 12.8. The molecule has 0 saturated carbocycles. The van der Waals surface area contributed by atoms with E-state index >= 15 is 0 Å². The first-order chi connectivity index (χ1) is 10.2. The number of carbonyl (C=O) groups is 1. The zero-order valence-corrected chi connectivity index (χ0v) is 15.3. The second kappa shape index (κ2) is 6.29. The fraction of sp³-hybridized carbons (Fsp3) is 0.312. The van der Waals surface area contributed by atoms with E-state index in [1.54, 1.807) is 18.7 Å². The Morgan fingerprint density at radius 3 is 2.59 bits per heavy atom. The number of nitrogens with zero attached hydrogens (tertiary/aromatic N) is 2. The molecular weight excluding hydrogens is 363 g/mol. The molecule has 0 aliphatic heterocycles. The Labute approximate surface area is 140 Å². The summed E-state index contributed by atoms with van der Waals surface area (Å²) in [6, 6.07) is 5.69. The van der Waals surface area contributed by atoms with E-state index in [0.29, 0.717) is 15.8 Å². The molecule has 114 valence electrons. The third-order valence-corrected chi connectivity index (χ3v) is 6.42. The molecule has 0 aliphatic rings. The predicted molar refractivity (Wildman–Crippen MR) is 90.2 cm³/mol. The van der Waals surface area contributed by atoms with Gasteiger partial charge < -0.3 is 0 Å². The normalized spacial score (nSPS) is 11.2. The Kier molecular flexibility index (Phi) is 4.81. The Morgan fingerprint density at radius 2 is 2.09 bits per heavy atom.